The zero-order valence-electron chi connectivity index (χ0n) is 18.9. The summed E-state index contributed by atoms with van der Waals surface area (Å²) >= 11 is 1.98. The Balaban J connectivity index is 1.13. The van der Waals surface area contributed by atoms with Crippen molar-refractivity contribution in [2.75, 3.05) is 12.4 Å². The number of benzene rings is 2. The molecule has 1 fully saturated rings. The van der Waals surface area contributed by atoms with Gasteiger partial charge in [0.1, 0.15) is 11.4 Å². The van der Waals surface area contributed by atoms with Crippen molar-refractivity contribution in [2.45, 2.75) is 81.6 Å². The molecule has 0 aromatic heterocycles. The Morgan fingerprint density at radius 3 is 2.61 bits per heavy atom. The van der Waals surface area contributed by atoms with Gasteiger partial charge in [0.25, 0.3) is 0 Å². The second-order valence-corrected chi connectivity index (χ2v) is 10.4. The zero-order chi connectivity index (χ0) is 21.5. The second kappa shape index (κ2) is 10.6. The lowest BCUT2D eigenvalue weighted by Gasteiger charge is -2.29. The highest BCUT2D eigenvalue weighted by atomic mass is 32.2. The van der Waals surface area contributed by atoms with Crippen LogP contribution in [0, 0.1) is 0 Å². The lowest BCUT2D eigenvalue weighted by molar-refractivity contribution is 0.0998. The standard InChI is InChI=1S/C27H35NO2S/c1-27(2)25-19-23(13-16-26(25)28-20-30-27)29-17-7-4-8-18-31-24-14-11-22(12-15-24)21-9-5-3-6-10-21/h11-16,19-21H,3-10,17-18H2,1-2H3. The van der Waals surface area contributed by atoms with Crippen molar-refractivity contribution < 1.29 is 9.47 Å². The van der Waals surface area contributed by atoms with Gasteiger partial charge in [0.05, 0.1) is 12.3 Å². The van der Waals surface area contributed by atoms with Crippen molar-refractivity contribution in [3.05, 3.63) is 53.6 Å². The number of rotatable bonds is 9. The third-order valence-electron chi connectivity index (χ3n) is 6.44. The molecule has 0 N–H and O–H groups in total. The molecule has 0 amide bonds. The first-order chi connectivity index (χ1) is 15.1. The van der Waals surface area contributed by atoms with Gasteiger partial charge in [0.2, 0.25) is 0 Å². The molecular weight excluding hydrogens is 402 g/mol. The molecule has 0 atom stereocenters. The summed E-state index contributed by atoms with van der Waals surface area (Å²) < 4.78 is 11.6. The van der Waals surface area contributed by atoms with Crippen LogP contribution >= 0.6 is 11.8 Å². The molecule has 3 nitrogen and oxygen atoms in total. The second-order valence-electron chi connectivity index (χ2n) is 9.20. The SMILES string of the molecule is CC1(C)OC=Nc2ccc(OCCCCCSc3ccc(C4CCCCC4)cc3)cc21. The van der Waals surface area contributed by atoms with E-state index in [4.69, 9.17) is 9.47 Å². The minimum Gasteiger partial charge on any atom is -0.494 e. The van der Waals surface area contributed by atoms with Crippen LogP contribution in [0.5, 0.6) is 5.75 Å². The molecule has 0 radical (unpaired) electrons. The molecule has 0 spiro atoms. The molecular formula is C27H35NO2S. The van der Waals surface area contributed by atoms with Gasteiger partial charge in [-0.05, 0) is 93.5 Å². The molecule has 1 heterocycles. The van der Waals surface area contributed by atoms with Gasteiger partial charge in [-0.2, -0.15) is 0 Å². The summed E-state index contributed by atoms with van der Waals surface area (Å²) in [5, 5.41) is 0. The minimum atomic E-state index is -0.359. The van der Waals surface area contributed by atoms with E-state index in [0.717, 1.165) is 35.9 Å². The average molecular weight is 438 g/mol. The maximum absolute atomic E-state index is 5.99. The smallest absolute Gasteiger partial charge is 0.175 e. The zero-order valence-corrected chi connectivity index (χ0v) is 19.8. The highest BCUT2D eigenvalue weighted by Gasteiger charge is 2.27. The van der Waals surface area contributed by atoms with Gasteiger partial charge in [0.15, 0.2) is 6.40 Å². The lowest BCUT2D eigenvalue weighted by atomic mass is 9.84. The van der Waals surface area contributed by atoms with Crippen molar-refractivity contribution in [1.29, 1.82) is 0 Å². The average Bonchev–Trinajstić information content (AvgIpc) is 2.79. The van der Waals surface area contributed by atoms with E-state index < -0.39 is 0 Å². The van der Waals surface area contributed by atoms with E-state index in [-0.39, 0.29) is 5.60 Å². The predicted octanol–water partition coefficient (Wildman–Crippen LogP) is 8.00. The molecule has 0 saturated heterocycles. The summed E-state index contributed by atoms with van der Waals surface area (Å²) in [6, 6.07) is 15.5. The Bertz CT molecular complexity index is 869. The summed E-state index contributed by atoms with van der Waals surface area (Å²) in [6.07, 6.45) is 12.0. The molecule has 4 heteroatoms. The molecule has 1 aliphatic heterocycles. The van der Waals surface area contributed by atoms with Gasteiger partial charge in [-0.3, -0.25) is 0 Å². The first kappa shape index (κ1) is 22.3. The molecule has 166 valence electrons. The molecule has 0 unspecified atom stereocenters. The molecule has 31 heavy (non-hydrogen) atoms. The summed E-state index contributed by atoms with van der Waals surface area (Å²) in [6.45, 7) is 4.87. The van der Waals surface area contributed by atoms with Crippen molar-refractivity contribution in [3.63, 3.8) is 0 Å². The van der Waals surface area contributed by atoms with E-state index in [1.807, 2.05) is 23.9 Å². The van der Waals surface area contributed by atoms with Crippen molar-refractivity contribution in [3.8, 4) is 5.75 Å². The molecule has 0 bridgehead atoms. The van der Waals surface area contributed by atoms with Crippen LogP contribution in [0.2, 0.25) is 0 Å². The Labute approximate surface area is 191 Å². The molecule has 2 aromatic rings. The monoisotopic (exact) mass is 437 g/mol. The largest absolute Gasteiger partial charge is 0.494 e. The van der Waals surface area contributed by atoms with Crippen LogP contribution < -0.4 is 4.74 Å². The third kappa shape index (κ3) is 6.06. The Kier molecular flexibility index (Phi) is 7.60. The summed E-state index contributed by atoms with van der Waals surface area (Å²) in [5.74, 6) is 2.87. The Morgan fingerprint density at radius 2 is 1.81 bits per heavy atom. The van der Waals surface area contributed by atoms with E-state index in [1.54, 1.807) is 5.56 Å². The first-order valence-electron chi connectivity index (χ1n) is 11.8. The molecule has 1 saturated carbocycles. The van der Waals surface area contributed by atoms with Crippen LogP contribution in [0.15, 0.2) is 52.4 Å². The van der Waals surface area contributed by atoms with Gasteiger partial charge in [-0.1, -0.05) is 31.4 Å². The number of hydrogen-bond donors (Lipinski definition) is 0. The number of nitrogens with zero attached hydrogens (tertiary/aromatic N) is 1. The maximum Gasteiger partial charge on any atom is 0.175 e. The highest BCUT2D eigenvalue weighted by Crippen LogP contribution is 2.38. The van der Waals surface area contributed by atoms with E-state index in [1.165, 1.54) is 62.0 Å². The van der Waals surface area contributed by atoms with Gasteiger partial charge in [-0.15, -0.1) is 11.8 Å². The van der Waals surface area contributed by atoms with Gasteiger partial charge >= 0.3 is 0 Å². The summed E-state index contributed by atoms with van der Waals surface area (Å²) in [7, 11) is 0. The van der Waals surface area contributed by atoms with Crippen molar-refractivity contribution >= 4 is 23.8 Å². The van der Waals surface area contributed by atoms with Gasteiger partial charge < -0.3 is 9.47 Å². The normalized spacial score (nSPS) is 17.7. The first-order valence-corrected chi connectivity index (χ1v) is 12.8. The number of thioether (sulfide) groups is 1. The molecule has 2 aliphatic rings. The van der Waals surface area contributed by atoms with E-state index in [0.29, 0.717) is 0 Å². The topological polar surface area (TPSA) is 30.8 Å². The Hall–Kier alpha value is -1.94. The third-order valence-corrected chi connectivity index (χ3v) is 7.54. The number of ether oxygens (including phenoxy) is 2. The van der Waals surface area contributed by atoms with Crippen LogP contribution in [-0.4, -0.2) is 18.8 Å². The van der Waals surface area contributed by atoms with Crippen molar-refractivity contribution in [2.24, 2.45) is 4.99 Å². The molecule has 4 rings (SSSR count). The highest BCUT2D eigenvalue weighted by molar-refractivity contribution is 7.99. The predicted molar refractivity (Wildman–Crippen MR) is 131 cm³/mol. The quantitative estimate of drug-likeness (QED) is 0.294. The van der Waals surface area contributed by atoms with Crippen LogP contribution in [0.3, 0.4) is 0 Å². The summed E-state index contributed by atoms with van der Waals surface area (Å²) in [5.41, 5.74) is 3.23. The van der Waals surface area contributed by atoms with Crippen molar-refractivity contribution in [1.82, 2.24) is 0 Å². The minimum absolute atomic E-state index is 0.359. The van der Waals surface area contributed by atoms with Crippen LogP contribution in [0.1, 0.15) is 82.3 Å². The number of unbranched alkanes of at least 4 members (excludes halogenated alkanes) is 2. The molecule has 2 aromatic carbocycles. The molecule has 1 aliphatic carbocycles. The lowest BCUT2D eigenvalue weighted by Crippen LogP contribution is -2.23. The van der Waals surface area contributed by atoms with E-state index in [9.17, 15) is 0 Å². The fourth-order valence-corrected chi connectivity index (χ4v) is 5.42. The van der Waals surface area contributed by atoms with Gasteiger partial charge in [-0.25, -0.2) is 4.99 Å². The van der Waals surface area contributed by atoms with E-state index >= 15 is 0 Å². The van der Waals surface area contributed by atoms with Crippen LogP contribution in [0.4, 0.5) is 5.69 Å². The maximum atomic E-state index is 5.99. The number of aliphatic imine (C=N–C) groups is 1. The van der Waals surface area contributed by atoms with Crippen LogP contribution in [-0.2, 0) is 10.3 Å². The summed E-state index contributed by atoms with van der Waals surface area (Å²) in [4.78, 5) is 5.71. The van der Waals surface area contributed by atoms with Gasteiger partial charge in [0, 0.05) is 10.5 Å². The number of fused-ring (bicyclic) bond motifs is 1. The van der Waals surface area contributed by atoms with E-state index in [2.05, 4.69) is 49.2 Å². The van der Waals surface area contributed by atoms with Crippen LogP contribution in [0.25, 0.3) is 0 Å². The number of hydrogen-bond acceptors (Lipinski definition) is 4. The Morgan fingerprint density at radius 1 is 1.00 bits per heavy atom. The fraction of sp³-hybridized carbons (Fsp3) is 0.519. The fourth-order valence-electron chi connectivity index (χ4n) is 4.51.